The first-order valence-electron chi connectivity index (χ1n) is 7.83. The Morgan fingerprint density at radius 3 is 2.56 bits per heavy atom. The topological polar surface area (TPSA) is 87.2 Å². The maximum Gasteiger partial charge on any atom is 0.238 e. The molecule has 0 saturated carbocycles. The van der Waals surface area contributed by atoms with Gasteiger partial charge in [0.2, 0.25) is 10.0 Å². The zero-order chi connectivity index (χ0) is 17.9. The third kappa shape index (κ3) is 4.15. The summed E-state index contributed by atoms with van der Waals surface area (Å²) in [5, 5.41) is 6.04. The number of nitrogens with two attached hydrogens (primary N) is 1. The third-order valence-corrected chi connectivity index (χ3v) is 5.54. The number of aromatic nitrogens is 2. The summed E-state index contributed by atoms with van der Waals surface area (Å²) in [6, 6.07) is 14.2. The van der Waals surface area contributed by atoms with Gasteiger partial charge in [0.05, 0.1) is 22.5 Å². The van der Waals surface area contributed by atoms with Crippen LogP contribution in [0.15, 0.2) is 58.6 Å². The number of rotatable bonds is 7. The molecule has 0 amide bonds. The van der Waals surface area contributed by atoms with Gasteiger partial charge in [-0.2, -0.15) is 0 Å². The van der Waals surface area contributed by atoms with Gasteiger partial charge in [-0.3, -0.25) is 0 Å². The molecule has 6 nitrogen and oxygen atoms in total. The van der Waals surface area contributed by atoms with Crippen molar-refractivity contribution >= 4 is 32.8 Å². The van der Waals surface area contributed by atoms with Crippen LogP contribution in [0.5, 0.6) is 5.75 Å². The normalized spacial score (nSPS) is 11.8. The molecule has 2 N–H and O–H groups in total. The summed E-state index contributed by atoms with van der Waals surface area (Å²) in [6.07, 6.45) is 0. The quantitative estimate of drug-likeness (QED) is 0.505. The molecule has 8 heteroatoms. The summed E-state index contributed by atoms with van der Waals surface area (Å²) in [7, 11) is -3.67. The minimum absolute atomic E-state index is 0.0749. The van der Waals surface area contributed by atoms with Gasteiger partial charge >= 0.3 is 0 Å². The number of thioether (sulfide) groups is 1. The number of imidazole rings is 1. The lowest BCUT2D eigenvalue weighted by atomic mass is 10.3. The molecule has 0 fully saturated rings. The van der Waals surface area contributed by atoms with E-state index in [4.69, 9.17) is 9.88 Å². The Morgan fingerprint density at radius 2 is 1.88 bits per heavy atom. The number of nitrogens with zero attached hydrogens (tertiary/aromatic N) is 2. The van der Waals surface area contributed by atoms with Gasteiger partial charge < -0.3 is 9.30 Å². The van der Waals surface area contributed by atoms with Crippen LogP contribution in [-0.2, 0) is 16.6 Å². The summed E-state index contributed by atoms with van der Waals surface area (Å²) >= 11 is 1.63. The second-order valence-electron chi connectivity index (χ2n) is 5.34. The molecule has 2 aromatic carbocycles. The number of primary sulfonamides is 1. The van der Waals surface area contributed by atoms with Crippen molar-refractivity contribution in [3.05, 3.63) is 48.5 Å². The number of hydrogen-bond acceptors (Lipinski definition) is 5. The second-order valence-corrected chi connectivity index (χ2v) is 7.96. The first-order chi connectivity index (χ1) is 12.0. The van der Waals surface area contributed by atoms with Gasteiger partial charge in [0.15, 0.2) is 5.16 Å². The predicted molar refractivity (Wildman–Crippen MR) is 99.4 cm³/mol. The van der Waals surface area contributed by atoms with E-state index in [1.165, 1.54) is 12.1 Å². The number of para-hydroxylation sites is 2. The Labute approximate surface area is 151 Å². The van der Waals surface area contributed by atoms with Crippen molar-refractivity contribution in [2.45, 2.75) is 23.5 Å². The number of benzene rings is 2. The van der Waals surface area contributed by atoms with Gasteiger partial charge in [-0.15, -0.1) is 0 Å². The smallest absolute Gasteiger partial charge is 0.238 e. The van der Waals surface area contributed by atoms with Crippen LogP contribution in [-0.4, -0.2) is 30.3 Å². The van der Waals surface area contributed by atoms with E-state index in [1.807, 2.05) is 18.2 Å². The molecule has 1 aromatic heterocycles. The Morgan fingerprint density at radius 1 is 1.16 bits per heavy atom. The monoisotopic (exact) mass is 377 g/mol. The van der Waals surface area contributed by atoms with Gasteiger partial charge in [-0.1, -0.05) is 23.9 Å². The van der Waals surface area contributed by atoms with E-state index in [2.05, 4.69) is 22.5 Å². The number of hydrogen-bond donors (Lipinski definition) is 1. The van der Waals surface area contributed by atoms with Crippen LogP contribution < -0.4 is 9.88 Å². The molecule has 0 aliphatic heterocycles. The van der Waals surface area contributed by atoms with Crippen molar-refractivity contribution in [1.82, 2.24) is 9.55 Å². The average molecular weight is 377 g/mol. The molecule has 0 saturated heterocycles. The van der Waals surface area contributed by atoms with Crippen molar-refractivity contribution in [2.24, 2.45) is 5.14 Å². The van der Waals surface area contributed by atoms with E-state index in [0.29, 0.717) is 12.4 Å². The van der Waals surface area contributed by atoms with E-state index in [1.54, 1.807) is 23.9 Å². The molecule has 0 radical (unpaired) electrons. The van der Waals surface area contributed by atoms with E-state index in [9.17, 15) is 8.42 Å². The molecular formula is C17H19N3O3S2. The van der Waals surface area contributed by atoms with Crippen LogP contribution in [0.1, 0.15) is 6.92 Å². The number of aryl methyl sites for hydroxylation is 1. The molecule has 0 aliphatic rings. The predicted octanol–water partition coefficient (Wildman–Crippen LogP) is 2.87. The van der Waals surface area contributed by atoms with E-state index < -0.39 is 10.0 Å². The van der Waals surface area contributed by atoms with Crippen molar-refractivity contribution < 1.29 is 13.2 Å². The van der Waals surface area contributed by atoms with Gasteiger partial charge in [0.25, 0.3) is 0 Å². The molecule has 3 rings (SSSR count). The van der Waals surface area contributed by atoms with Crippen molar-refractivity contribution in [3.63, 3.8) is 0 Å². The number of sulfonamides is 1. The molecule has 0 unspecified atom stereocenters. The van der Waals surface area contributed by atoms with E-state index in [0.717, 1.165) is 28.5 Å². The highest BCUT2D eigenvalue weighted by Crippen LogP contribution is 2.24. The lowest BCUT2D eigenvalue weighted by Gasteiger charge is -2.08. The van der Waals surface area contributed by atoms with Crippen LogP contribution in [0.2, 0.25) is 0 Å². The maximum absolute atomic E-state index is 11.2. The molecule has 132 valence electrons. The lowest BCUT2D eigenvalue weighted by Crippen LogP contribution is -2.11. The van der Waals surface area contributed by atoms with Crippen molar-refractivity contribution in [2.75, 3.05) is 12.4 Å². The molecule has 0 bridgehead atoms. The Balaban J connectivity index is 1.58. The van der Waals surface area contributed by atoms with Gasteiger partial charge in [0, 0.05) is 12.3 Å². The number of ether oxygens (including phenoxy) is 1. The van der Waals surface area contributed by atoms with E-state index >= 15 is 0 Å². The summed E-state index contributed by atoms with van der Waals surface area (Å²) in [4.78, 5) is 4.73. The Kier molecular flexibility index (Phi) is 5.31. The molecular weight excluding hydrogens is 358 g/mol. The first kappa shape index (κ1) is 17.8. The molecule has 25 heavy (non-hydrogen) atoms. The summed E-state index contributed by atoms with van der Waals surface area (Å²) in [5.74, 6) is 1.34. The highest BCUT2D eigenvalue weighted by Gasteiger charge is 2.10. The van der Waals surface area contributed by atoms with Crippen LogP contribution >= 0.6 is 11.8 Å². The summed E-state index contributed by atoms with van der Waals surface area (Å²) in [6.45, 7) is 3.45. The lowest BCUT2D eigenvalue weighted by molar-refractivity contribution is 0.343. The van der Waals surface area contributed by atoms with E-state index in [-0.39, 0.29) is 4.90 Å². The standard InChI is InChI=1S/C17H19N3O3S2/c1-2-20-16-6-4-3-5-15(16)19-17(20)24-12-11-23-13-7-9-14(10-8-13)25(18,21)22/h3-10H,2,11-12H2,1H3,(H2,18,21,22). The molecule has 0 aliphatic carbocycles. The highest BCUT2D eigenvalue weighted by atomic mass is 32.2. The van der Waals surface area contributed by atoms with Crippen molar-refractivity contribution in [3.8, 4) is 5.75 Å². The Hall–Kier alpha value is -2.03. The largest absolute Gasteiger partial charge is 0.493 e. The minimum Gasteiger partial charge on any atom is -0.493 e. The summed E-state index contributed by atoms with van der Waals surface area (Å²) in [5.41, 5.74) is 2.12. The zero-order valence-electron chi connectivity index (χ0n) is 13.8. The summed E-state index contributed by atoms with van der Waals surface area (Å²) < 4.78 is 30.3. The molecule has 1 heterocycles. The third-order valence-electron chi connectivity index (χ3n) is 3.67. The fraction of sp³-hybridized carbons (Fsp3) is 0.235. The second kappa shape index (κ2) is 7.47. The average Bonchev–Trinajstić information content (AvgIpc) is 2.95. The zero-order valence-corrected chi connectivity index (χ0v) is 15.4. The van der Waals surface area contributed by atoms with Gasteiger partial charge in [-0.05, 0) is 43.3 Å². The maximum atomic E-state index is 11.2. The highest BCUT2D eigenvalue weighted by molar-refractivity contribution is 7.99. The first-order valence-corrected chi connectivity index (χ1v) is 10.4. The number of fused-ring (bicyclic) bond motifs is 1. The van der Waals surface area contributed by atoms with Gasteiger partial charge in [0.1, 0.15) is 5.75 Å². The molecule has 0 atom stereocenters. The fourth-order valence-corrected chi connectivity index (χ4v) is 3.90. The van der Waals surface area contributed by atoms with Crippen LogP contribution in [0.4, 0.5) is 0 Å². The Bertz CT molecular complexity index is 966. The molecule has 3 aromatic rings. The van der Waals surface area contributed by atoms with Crippen molar-refractivity contribution in [1.29, 1.82) is 0 Å². The van der Waals surface area contributed by atoms with Crippen LogP contribution in [0, 0.1) is 0 Å². The minimum atomic E-state index is -3.67. The van der Waals surface area contributed by atoms with Gasteiger partial charge in [-0.25, -0.2) is 18.5 Å². The molecule has 0 spiro atoms. The SMILES string of the molecule is CCn1c(SCCOc2ccc(S(N)(=O)=O)cc2)nc2ccccc21. The van der Waals surface area contributed by atoms with Crippen LogP contribution in [0.25, 0.3) is 11.0 Å². The fourth-order valence-electron chi connectivity index (χ4n) is 2.49. The van der Waals surface area contributed by atoms with Crippen LogP contribution in [0.3, 0.4) is 0 Å².